The molecule has 43 heavy (non-hydrogen) atoms. The Labute approximate surface area is 274 Å². The molecule has 0 aliphatic heterocycles. The second-order valence-electron chi connectivity index (χ2n) is 22.5. The molecule has 0 saturated heterocycles. The zero-order chi connectivity index (χ0) is 33.1. The van der Waals surface area contributed by atoms with E-state index in [1.165, 1.54) is 57.8 Å². The molecule has 3 rings (SSSR count). The Balaban J connectivity index is 2.34. The van der Waals surface area contributed by atoms with Gasteiger partial charge in [-0.1, -0.05) is 152 Å². The Morgan fingerprint density at radius 1 is 0.302 bits per heavy atom. The molecule has 0 amide bonds. The molecular formula is C42H81P. The van der Waals surface area contributed by atoms with Gasteiger partial charge < -0.3 is 0 Å². The van der Waals surface area contributed by atoms with E-state index < -0.39 is 0 Å². The van der Waals surface area contributed by atoms with Gasteiger partial charge in [0.25, 0.3) is 0 Å². The standard InChI is InChI=1S/C42H81P/c1-37(2,3)28-22-19-25-31(34(28)40(10,11)12)43(32-26-20-23-29(38(4,5)6)35(32)41(13,14)15)33-27-21-24-30(39(7,8)9)36(33)42(16,17)18/h28-36H,19-27H2,1-18H3. The smallest absolute Gasteiger partial charge is 0.0168 e. The summed E-state index contributed by atoms with van der Waals surface area (Å²) in [5, 5.41) is 0. The molecule has 0 heterocycles. The summed E-state index contributed by atoms with van der Waals surface area (Å²) in [7, 11) is -0.147. The van der Waals surface area contributed by atoms with Crippen molar-refractivity contribution in [1.29, 1.82) is 0 Å². The maximum atomic E-state index is 2.64. The zero-order valence-electron chi connectivity index (χ0n) is 33.0. The number of hydrogen-bond acceptors (Lipinski definition) is 0. The summed E-state index contributed by atoms with van der Waals surface area (Å²) in [5.74, 6) is 5.00. The molecule has 0 aromatic heterocycles. The first-order valence-corrected chi connectivity index (χ1v) is 20.5. The van der Waals surface area contributed by atoms with Gasteiger partial charge in [0, 0.05) is 0 Å². The lowest BCUT2D eigenvalue weighted by Crippen LogP contribution is -2.53. The summed E-state index contributed by atoms with van der Waals surface area (Å²) in [6.07, 6.45) is 13.2. The Morgan fingerprint density at radius 3 is 0.674 bits per heavy atom. The van der Waals surface area contributed by atoms with Crippen LogP contribution in [0.25, 0.3) is 0 Å². The van der Waals surface area contributed by atoms with Crippen molar-refractivity contribution in [2.24, 2.45) is 68.0 Å². The van der Waals surface area contributed by atoms with Crippen LogP contribution in [-0.4, -0.2) is 17.0 Å². The summed E-state index contributed by atoms with van der Waals surface area (Å²) in [4.78, 5) is 0. The minimum Gasteiger partial charge on any atom is -0.0962 e. The van der Waals surface area contributed by atoms with Crippen LogP contribution >= 0.6 is 7.92 Å². The molecule has 0 aromatic carbocycles. The van der Waals surface area contributed by atoms with E-state index in [9.17, 15) is 0 Å². The van der Waals surface area contributed by atoms with E-state index >= 15 is 0 Å². The molecule has 254 valence electrons. The fourth-order valence-electron chi connectivity index (χ4n) is 11.7. The molecule has 9 unspecified atom stereocenters. The second kappa shape index (κ2) is 12.8. The minimum absolute atomic E-state index is 0.147. The second-order valence-corrected chi connectivity index (χ2v) is 25.4. The van der Waals surface area contributed by atoms with Crippen LogP contribution in [0.1, 0.15) is 182 Å². The maximum Gasteiger partial charge on any atom is -0.0168 e. The van der Waals surface area contributed by atoms with Gasteiger partial charge in [-0.15, -0.1) is 0 Å². The third-order valence-corrected chi connectivity index (χ3v) is 17.1. The van der Waals surface area contributed by atoms with Crippen LogP contribution in [0.4, 0.5) is 0 Å². The van der Waals surface area contributed by atoms with E-state index in [2.05, 4.69) is 125 Å². The fraction of sp³-hybridized carbons (Fsp3) is 1.00. The van der Waals surface area contributed by atoms with Crippen LogP contribution in [0, 0.1) is 68.0 Å². The molecule has 1 heteroatoms. The van der Waals surface area contributed by atoms with E-state index in [-0.39, 0.29) is 7.92 Å². The highest BCUT2D eigenvalue weighted by Gasteiger charge is 2.58. The molecule has 0 nitrogen and oxygen atoms in total. The molecule has 3 aliphatic carbocycles. The molecule has 9 atom stereocenters. The number of hydrogen-bond donors (Lipinski definition) is 0. The molecule has 0 N–H and O–H groups in total. The molecule has 3 fully saturated rings. The third-order valence-electron chi connectivity index (χ3n) is 13.1. The van der Waals surface area contributed by atoms with Crippen molar-refractivity contribution >= 4 is 7.92 Å². The van der Waals surface area contributed by atoms with Crippen LogP contribution in [0.3, 0.4) is 0 Å². The van der Waals surface area contributed by atoms with Gasteiger partial charge >= 0.3 is 0 Å². The van der Waals surface area contributed by atoms with E-state index in [0.29, 0.717) is 32.5 Å². The van der Waals surface area contributed by atoms with Crippen molar-refractivity contribution in [3.05, 3.63) is 0 Å². The third kappa shape index (κ3) is 8.48. The van der Waals surface area contributed by atoms with Crippen LogP contribution < -0.4 is 0 Å². The average molecular weight is 617 g/mol. The fourth-order valence-corrected chi connectivity index (χ4v) is 17.7. The lowest BCUT2D eigenvalue weighted by Gasteiger charge is -2.62. The quantitative estimate of drug-likeness (QED) is 0.277. The Kier molecular flexibility index (Phi) is 11.3. The predicted molar refractivity (Wildman–Crippen MR) is 198 cm³/mol. The van der Waals surface area contributed by atoms with E-state index in [0.717, 1.165) is 52.5 Å². The molecule has 0 radical (unpaired) electrons. The lowest BCUT2D eigenvalue weighted by molar-refractivity contribution is 0.0193. The van der Waals surface area contributed by atoms with Crippen LogP contribution in [0.15, 0.2) is 0 Å². The van der Waals surface area contributed by atoms with Crippen molar-refractivity contribution in [3.8, 4) is 0 Å². The van der Waals surface area contributed by atoms with Gasteiger partial charge in [0.2, 0.25) is 0 Å². The first-order chi connectivity index (χ1) is 19.2. The maximum absolute atomic E-state index is 2.64. The Bertz CT molecular complexity index is 765. The van der Waals surface area contributed by atoms with Gasteiger partial charge in [0.05, 0.1) is 0 Å². The molecule has 3 saturated carbocycles. The van der Waals surface area contributed by atoms with Crippen molar-refractivity contribution in [2.75, 3.05) is 0 Å². The topological polar surface area (TPSA) is 0 Å². The van der Waals surface area contributed by atoms with Crippen molar-refractivity contribution in [3.63, 3.8) is 0 Å². The van der Waals surface area contributed by atoms with Gasteiger partial charge in [0.15, 0.2) is 0 Å². The van der Waals surface area contributed by atoms with Crippen molar-refractivity contribution in [1.82, 2.24) is 0 Å². The molecule has 0 spiro atoms. The Morgan fingerprint density at radius 2 is 0.512 bits per heavy atom. The highest BCUT2D eigenvalue weighted by Crippen LogP contribution is 2.72. The highest BCUT2D eigenvalue weighted by molar-refractivity contribution is 7.60. The van der Waals surface area contributed by atoms with Crippen LogP contribution in [-0.2, 0) is 0 Å². The van der Waals surface area contributed by atoms with Crippen LogP contribution in [0.2, 0.25) is 0 Å². The van der Waals surface area contributed by atoms with Gasteiger partial charge in [-0.2, -0.15) is 0 Å². The SMILES string of the molecule is CC(C)(C)C1CCCC(P(C2CCCC(C(C)(C)C)C2C(C)(C)C)C2CCCC(C(C)(C)C)C2C(C)(C)C)C1C(C)(C)C. The van der Waals surface area contributed by atoms with Gasteiger partial charge in [0.1, 0.15) is 0 Å². The zero-order valence-corrected chi connectivity index (χ0v) is 33.9. The molecular weight excluding hydrogens is 535 g/mol. The van der Waals surface area contributed by atoms with Crippen molar-refractivity contribution < 1.29 is 0 Å². The van der Waals surface area contributed by atoms with E-state index in [1.807, 2.05) is 0 Å². The molecule has 0 aromatic rings. The number of rotatable bonds is 3. The van der Waals surface area contributed by atoms with E-state index in [4.69, 9.17) is 0 Å². The normalized spacial score (nSPS) is 36.8. The summed E-state index contributed by atoms with van der Waals surface area (Å²) in [5.41, 5.74) is 4.94. The monoisotopic (exact) mass is 617 g/mol. The average Bonchev–Trinajstić information content (AvgIpc) is 2.80. The summed E-state index contributed by atoms with van der Waals surface area (Å²) in [6.45, 7) is 47.1. The van der Waals surface area contributed by atoms with Crippen LogP contribution in [0.5, 0.6) is 0 Å². The lowest BCUT2D eigenvalue weighted by atomic mass is 9.58. The highest BCUT2D eigenvalue weighted by atomic mass is 31.1. The largest absolute Gasteiger partial charge is 0.0962 e. The molecule has 3 aliphatic rings. The van der Waals surface area contributed by atoms with Gasteiger partial charge in [-0.05, 0) is 123 Å². The summed E-state index contributed by atoms with van der Waals surface area (Å²) in [6, 6.07) is 0. The first kappa shape index (κ1) is 37.9. The minimum atomic E-state index is -0.147. The molecule has 0 bridgehead atoms. The van der Waals surface area contributed by atoms with Crippen molar-refractivity contribution in [2.45, 2.75) is 199 Å². The summed E-state index contributed by atoms with van der Waals surface area (Å²) >= 11 is 0. The van der Waals surface area contributed by atoms with Gasteiger partial charge in [-0.25, -0.2) is 0 Å². The Hall–Kier alpha value is 0.430. The first-order valence-electron chi connectivity index (χ1n) is 19.0. The summed E-state index contributed by atoms with van der Waals surface area (Å²) < 4.78 is 0. The predicted octanol–water partition coefficient (Wildman–Crippen LogP) is 14.1. The van der Waals surface area contributed by atoms with Gasteiger partial charge in [-0.3, -0.25) is 0 Å². The van der Waals surface area contributed by atoms with E-state index in [1.54, 1.807) is 0 Å².